The van der Waals surface area contributed by atoms with Crippen molar-refractivity contribution in [3.05, 3.63) is 54.5 Å². The monoisotopic (exact) mass is 382 g/mol. The van der Waals surface area contributed by atoms with Crippen LogP contribution in [0, 0.1) is 0 Å². The Morgan fingerprint density at radius 3 is 2.71 bits per heavy atom. The number of oxazole rings is 1. The summed E-state index contributed by atoms with van der Waals surface area (Å²) in [5, 5.41) is 2.85. The molecule has 146 valence electrons. The van der Waals surface area contributed by atoms with Crippen LogP contribution in [0.4, 0.5) is 5.95 Å². The van der Waals surface area contributed by atoms with Gasteiger partial charge in [-0.3, -0.25) is 9.69 Å². The molecule has 0 aliphatic carbocycles. The number of H-pyrrole nitrogens is 1. The molecule has 10 nitrogen and oxygen atoms in total. The average Bonchev–Trinajstić information content (AvgIpc) is 3.42. The number of amides is 1. The van der Waals surface area contributed by atoms with Crippen molar-refractivity contribution in [1.82, 2.24) is 35.1 Å². The summed E-state index contributed by atoms with van der Waals surface area (Å²) < 4.78 is 5.50. The third-order valence-corrected chi connectivity index (χ3v) is 4.63. The van der Waals surface area contributed by atoms with E-state index in [0.29, 0.717) is 18.3 Å². The van der Waals surface area contributed by atoms with Crippen LogP contribution in [-0.2, 0) is 6.54 Å². The number of hydrogen-bond donors (Lipinski definition) is 2. The lowest BCUT2D eigenvalue weighted by Gasteiger charge is -2.33. The molecule has 0 saturated carbocycles. The number of rotatable bonds is 6. The van der Waals surface area contributed by atoms with Gasteiger partial charge in [0, 0.05) is 51.0 Å². The molecular formula is C18H22N8O2. The minimum absolute atomic E-state index is 0.240. The minimum atomic E-state index is -0.287. The van der Waals surface area contributed by atoms with Gasteiger partial charge in [0.25, 0.3) is 5.91 Å². The van der Waals surface area contributed by atoms with Crippen molar-refractivity contribution in [2.75, 3.05) is 31.1 Å². The van der Waals surface area contributed by atoms with Crippen molar-refractivity contribution >= 4 is 11.9 Å². The first-order valence-corrected chi connectivity index (χ1v) is 9.18. The van der Waals surface area contributed by atoms with Gasteiger partial charge in [0.2, 0.25) is 11.8 Å². The minimum Gasteiger partial charge on any atom is -0.447 e. The van der Waals surface area contributed by atoms with Crippen molar-refractivity contribution in [3.63, 3.8) is 0 Å². The van der Waals surface area contributed by atoms with E-state index < -0.39 is 0 Å². The van der Waals surface area contributed by atoms with Crippen LogP contribution in [0.15, 0.2) is 41.5 Å². The van der Waals surface area contributed by atoms with Crippen molar-refractivity contribution in [3.8, 4) is 0 Å². The lowest BCUT2D eigenvalue weighted by molar-refractivity contribution is 0.0933. The number of piperazine rings is 1. The summed E-state index contributed by atoms with van der Waals surface area (Å²) in [7, 11) is 0. The number of anilines is 1. The highest BCUT2D eigenvalue weighted by Crippen LogP contribution is 2.13. The van der Waals surface area contributed by atoms with Crippen LogP contribution in [-0.4, -0.2) is 61.9 Å². The largest absolute Gasteiger partial charge is 0.447 e. The highest BCUT2D eigenvalue weighted by atomic mass is 16.3. The summed E-state index contributed by atoms with van der Waals surface area (Å²) >= 11 is 0. The molecule has 1 aliphatic rings. The molecule has 4 heterocycles. The summed E-state index contributed by atoms with van der Waals surface area (Å²) in [6.45, 7) is 5.77. The smallest absolute Gasteiger partial charge is 0.273 e. The van der Waals surface area contributed by atoms with Gasteiger partial charge in [-0.1, -0.05) is 0 Å². The Hall–Kier alpha value is -3.27. The van der Waals surface area contributed by atoms with E-state index in [4.69, 9.17) is 4.42 Å². The van der Waals surface area contributed by atoms with E-state index in [9.17, 15) is 4.79 Å². The van der Waals surface area contributed by atoms with E-state index in [-0.39, 0.29) is 17.6 Å². The maximum atomic E-state index is 12.3. The van der Waals surface area contributed by atoms with Crippen molar-refractivity contribution in [2.45, 2.75) is 19.5 Å². The summed E-state index contributed by atoms with van der Waals surface area (Å²) in [5.41, 5.74) is 0.268. The van der Waals surface area contributed by atoms with Crippen LogP contribution in [0.3, 0.4) is 0 Å². The van der Waals surface area contributed by atoms with E-state index in [1.54, 1.807) is 24.8 Å². The molecule has 1 aliphatic heterocycles. The first-order chi connectivity index (χ1) is 13.7. The summed E-state index contributed by atoms with van der Waals surface area (Å²) in [4.78, 5) is 36.8. The lowest BCUT2D eigenvalue weighted by Crippen LogP contribution is -2.46. The molecule has 28 heavy (non-hydrogen) atoms. The Balaban J connectivity index is 1.29. The van der Waals surface area contributed by atoms with Gasteiger partial charge in [-0.15, -0.1) is 0 Å². The second-order valence-corrected chi connectivity index (χ2v) is 6.61. The number of aromatic amines is 1. The zero-order valence-electron chi connectivity index (χ0n) is 15.6. The molecule has 0 spiro atoms. The first kappa shape index (κ1) is 18.1. The number of aromatic nitrogens is 5. The first-order valence-electron chi connectivity index (χ1n) is 9.18. The van der Waals surface area contributed by atoms with Crippen LogP contribution in [0.1, 0.15) is 35.2 Å². The van der Waals surface area contributed by atoms with E-state index in [0.717, 1.165) is 32.1 Å². The van der Waals surface area contributed by atoms with Gasteiger partial charge in [-0.2, -0.15) is 0 Å². The zero-order valence-corrected chi connectivity index (χ0v) is 15.6. The second kappa shape index (κ2) is 8.17. The van der Waals surface area contributed by atoms with Crippen molar-refractivity contribution < 1.29 is 9.21 Å². The molecule has 3 aromatic rings. The molecule has 10 heteroatoms. The maximum absolute atomic E-state index is 12.3. The Bertz CT molecular complexity index is 887. The van der Waals surface area contributed by atoms with Gasteiger partial charge < -0.3 is 19.6 Å². The van der Waals surface area contributed by atoms with Crippen LogP contribution >= 0.6 is 0 Å². The quantitative estimate of drug-likeness (QED) is 0.649. The molecule has 0 aromatic carbocycles. The highest BCUT2D eigenvalue weighted by Gasteiger charge is 2.21. The van der Waals surface area contributed by atoms with Crippen LogP contribution in [0.5, 0.6) is 0 Å². The van der Waals surface area contributed by atoms with Crippen molar-refractivity contribution in [1.29, 1.82) is 0 Å². The molecule has 3 aromatic heterocycles. The van der Waals surface area contributed by atoms with Crippen LogP contribution in [0.2, 0.25) is 0 Å². The Kier molecular flexibility index (Phi) is 5.29. The average molecular weight is 382 g/mol. The van der Waals surface area contributed by atoms with E-state index in [1.165, 1.54) is 6.26 Å². The lowest BCUT2D eigenvalue weighted by atomic mass is 10.3. The van der Waals surface area contributed by atoms with Gasteiger partial charge in [0.05, 0.1) is 12.6 Å². The standard InChI is InChI=1S/C18H22N8O2/c1-13(16-19-5-6-20-16)23-17(27)14-12-28-15(24-14)11-25-7-9-26(10-8-25)18-21-3-2-4-22-18/h2-6,12-13H,7-11H2,1H3,(H,19,20)(H,23,27). The molecule has 0 bridgehead atoms. The Labute approximate surface area is 162 Å². The van der Waals surface area contributed by atoms with Gasteiger partial charge in [-0.25, -0.2) is 19.9 Å². The van der Waals surface area contributed by atoms with E-state index in [1.807, 2.05) is 13.0 Å². The van der Waals surface area contributed by atoms with Crippen LogP contribution < -0.4 is 10.2 Å². The predicted molar refractivity (Wildman–Crippen MR) is 100 cm³/mol. The fraction of sp³-hybridized carbons (Fsp3) is 0.389. The highest BCUT2D eigenvalue weighted by molar-refractivity contribution is 5.92. The van der Waals surface area contributed by atoms with Gasteiger partial charge in [0.15, 0.2) is 5.69 Å². The summed E-state index contributed by atoms with van der Waals surface area (Å²) in [5.74, 6) is 1.69. The van der Waals surface area contributed by atoms with E-state index in [2.05, 4.69) is 40.0 Å². The zero-order chi connectivity index (χ0) is 19.3. The number of hydrogen-bond acceptors (Lipinski definition) is 8. The van der Waals surface area contributed by atoms with Crippen LogP contribution in [0.25, 0.3) is 0 Å². The fourth-order valence-electron chi connectivity index (χ4n) is 3.09. The Morgan fingerprint density at radius 1 is 1.21 bits per heavy atom. The molecule has 0 radical (unpaired) electrons. The molecule has 1 saturated heterocycles. The molecule has 4 rings (SSSR count). The number of imidazole rings is 1. The number of carbonyl (C=O) groups excluding carboxylic acids is 1. The second-order valence-electron chi connectivity index (χ2n) is 6.61. The third-order valence-electron chi connectivity index (χ3n) is 4.63. The SMILES string of the molecule is CC(NC(=O)c1coc(CN2CCN(c3ncccn3)CC2)n1)c1ncc[nH]1. The maximum Gasteiger partial charge on any atom is 0.273 e. The van der Waals surface area contributed by atoms with Crippen molar-refractivity contribution in [2.24, 2.45) is 0 Å². The van der Waals surface area contributed by atoms with Gasteiger partial charge in [-0.05, 0) is 13.0 Å². The number of nitrogens with zero attached hydrogens (tertiary/aromatic N) is 6. The van der Waals surface area contributed by atoms with E-state index >= 15 is 0 Å². The number of carbonyl (C=O) groups is 1. The topological polar surface area (TPSA) is 116 Å². The summed E-state index contributed by atoms with van der Waals surface area (Å²) in [6.07, 6.45) is 8.26. The molecule has 1 amide bonds. The Morgan fingerprint density at radius 2 is 2.00 bits per heavy atom. The third kappa shape index (κ3) is 4.17. The molecule has 1 fully saturated rings. The normalized spacial score (nSPS) is 16.1. The summed E-state index contributed by atoms with van der Waals surface area (Å²) in [6, 6.07) is 1.57. The fourth-order valence-corrected chi connectivity index (χ4v) is 3.09. The predicted octanol–water partition coefficient (Wildman–Crippen LogP) is 1.00. The van der Waals surface area contributed by atoms with Gasteiger partial charge in [0.1, 0.15) is 12.1 Å². The molecule has 1 atom stereocenters. The molecular weight excluding hydrogens is 360 g/mol. The number of nitrogens with one attached hydrogen (secondary N) is 2. The molecule has 2 N–H and O–H groups in total. The van der Waals surface area contributed by atoms with Gasteiger partial charge >= 0.3 is 0 Å². The molecule has 1 unspecified atom stereocenters.